The van der Waals surface area contributed by atoms with E-state index in [9.17, 15) is 13.2 Å². The van der Waals surface area contributed by atoms with Crippen LogP contribution in [0, 0.1) is 5.92 Å². The predicted octanol–water partition coefficient (Wildman–Crippen LogP) is 5.17. The minimum atomic E-state index is -4.44. The van der Waals surface area contributed by atoms with Gasteiger partial charge in [0.15, 0.2) is 0 Å². The number of fused-ring (bicyclic) bond motifs is 1. The van der Waals surface area contributed by atoms with Gasteiger partial charge in [-0.3, -0.25) is 0 Å². The fourth-order valence-electron chi connectivity index (χ4n) is 3.89. The first kappa shape index (κ1) is 22.4. The first-order chi connectivity index (χ1) is 15.2. The minimum Gasteiger partial charge on any atom is -0.399 e. The summed E-state index contributed by atoms with van der Waals surface area (Å²) in [5.41, 5.74) is 6.07. The van der Waals surface area contributed by atoms with E-state index in [1.54, 1.807) is 12.3 Å². The van der Waals surface area contributed by atoms with Crippen molar-refractivity contribution in [1.82, 2.24) is 15.0 Å². The highest BCUT2D eigenvalue weighted by molar-refractivity contribution is 6.28. The van der Waals surface area contributed by atoms with E-state index in [0.29, 0.717) is 35.8 Å². The van der Waals surface area contributed by atoms with Crippen LogP contribution in [0.15, 0.2) is 30.5 Å². The van der Waals surface area contributed by atoms with Crippen molar-refractivity contribution in [1.29, 1.82) is 0 Å². The lowest BCUT2D eigenvalue weighted by Crippen LogP contribution is -2.33. The second-order valence-electron chi connectivity index (χ2n) is 8.21. The summed E-state index contributed by atoms with van der Waals surface area (Å²) >= 11 is 6.07. The number of piperidine rings is 1. The molecule has 3 N–H and O–H groups in total. The van der Waals surface area contributed by atoms with Crippen LogP contribution in [0.1, 0.15) is 30.9 Å². The number of halogens is 4. The van der Waals surface area contributed by atoms with Gasteiger partial charge in [0.05, 0.1) is 17.3 Å². The van der Waals surface area contributed by atoms with Gasteiger partial charge in [-0.15, -0.1) is 0 Å². The number of pyridine rings is 1. The van der Waals surface area contributed by atoms with Gasteiger partial charge in [-0.2, -0.15) is 13.2 Å². The third-order valence-electron chi connectivity index (χ3n) is 5.70. The SMILES string of the molecule is CC1CCN(c2cc3c(NCCc4cc(N)cc(C(F)(F)F)c4)nc(Cl)nc3cn2)CC1. The number of benzene rings is 1. The van der Waals surface area contributed by atoms with Crippen LogP contribution in [0.5, 0.6) is 0 Å². The molecule has 0 saturated carbocycles. The summed E-state index contributed by atoms with van der Waals surface area (Å²) in [5.74, 6) is 2.08. The monoisotopic (exact) mass is 464 g/mol. The minimum absolute atomic E-state index is 0.0738. The zero-order chi connectivity index (χ0) is 22.9. The van der Waals surface area contributed by atoms with Gasteiger partial charge in [-0.25, -0.2) is 15.0 Å². The largest absolute Gasteiger partial charge is 0.416 e. The summed E-state index contributed by atoms with van der Waals surface area (Å²) < 4.78 is 39.2. The number of nitrogens with two attached hydrogens (primary N) is 1. The highest BCUT2D eigenvalue weighted by Gasteiger charge is 2.31. The van der Waals surface area contributed by atoms with Crippen LogP contribution >= 0.6 is 11.6 Å². The summed E-state index contributed by atoms with van der Waals surface area (Å²) in [4.78, 5) is 15.3. The number of nitrogens with zero attached hydrogens (tertiary/aromatic N) is 4. The van der Waals surface area contributed by atoms with Crippen molar-refractivity contribution in [3.8, 4) is 0 Å². The number of alkyl halides is 3. The molecule has 10 heteroatoms. The molecular formula is C22H24ClF3N6. The zero-order valence-electron chi connectivity index (χ0n) is 17.6. The molecule has 1 saturated heterocycles. The van der Waals surface area contributed by atoms with E-state index in [4.69, 9.17) is 17.3 Å². The molecule has 1 aliphatic rings. The maximum Gasteiger partial charge on any atom is 0.416 e. The molecule has 1 fully saturated rings. The lowest BCUT2D eigenvalue weighted by molar-refractivity contribution is -0.137. The average molecular weight is 465 g/mol. The Balaban J connectivity index is 1.54. The topological polar surface area (TPSA) is 80.0 Å². The van der Waals surface area contributed by atoms with Crippen LogP contribution in [-0.4, -0.2) is 34.6 Å². The summed E-state index contributed by atoms with van der Waals surface area (Å²) in [5, 5.41) is 4.03. The molecular weight excluding hydrogens is 441 g/mol. The zero-order valence-corrected chi connectivity index (χ0v) is 18.3. The summed E-state index contributed by atoms with van der Waals surface area (Å²) in [6.07, 6.45) is -0.207. The van der Waals surface area contributed by atoms with Gasteiger partial charge in [0.1, 0.15) is 11.6 Å². The molecule has 2 aromatic heterocycles. The van der Waals surface area contributed by atoms with Crippen molar-refractivity contribution in [3.63, 3.8) is 0 Å². The smallest absolute Gasteiger partial charge is 0.399 e. The fraction of sp³-hybridized carbons (Fsp3) is 0.409. The Labute approximate surface area is 189 Å². The van der Waals surface area contributed by atoms with Crippen LogP contribution in [0.4, 0.5) is 30.5 Å². The molecule has 0 bridgehead atoms. The molecule has 1 aromatic carbocycles. The quantitative estimate of drug-likeness (QED) is 0.400. The summed E-state index contributed by atoms with van der Waals surface area (Å²) in [6, 6.07) is 5.53. The normalized spacial score (nSPS) is 15.3. The second-order valence-corrected chi connectivity index (χ2v) is 8.55. The molecule has 0 spiro atoms. The summed E-state index contributed by atoms with van der Waals surface area (Å²) in [6.45, 7) is 4.48. The molecule has 0 amide bonds. The van der Waals surface area contributed by atoms with Gasteiger partial charge in [-0.05, 0) is 66.6 Å². The Morgan fingerprint density at radius 3 is 2.62 bits per heavy atom. The first-order valence-electron chi connectivity index (χ1n) is 10.5. The average Bonchev–Trinajstić information content (AvgIpc) is 2.73. The molecule has 4 rings (SSSR count). The fourth-order valence-corrected chi connectivity index (χ4v) is 4.07. The Morgan fingerprint density at radius 1 is 1.16 bits per heavy atom. The van der Waals surface area contributed by atoms with Crippen molar-refractivity contribution in [2.75, 3.05) is 35.6 Å². The highest BCUT2D eigenvalue weighted by atomic mass is 35.5. The molecule has 3 aromatic rings. The van der Waals surface area contributed by atoms with Crippen LogP contribution in [0.2, 0.25) is 5.28 Å². The third kappa shape index (κ3) is 5.15. The van der Waals surface area contributed by atoms with E-state index in [-0.39, 0.29) is 11.0 Å². The van der Waals surface area contributed by atoms with Crippen molar-refractivity contribution in [3.05, 3.63) is 46.9 Å². The maximum absolute atomic E-state index is 13.1. The Hall–Kier alpha value is -2.81. The van der Waals surface area contributed by atoms with E-state index < -0.39 is 11.7 Å². The van der Waals surface area contributed by atoms with Crippen LogP contribution in [0.25, 0.3) is 10.9 Å². The van der Waals surface area contributed by atoms with Gasteiger partial charge in [0.2, 0.25) is 5.28 Å². The van der Waals surface area contributed by atoms with Crippen LogP contribution in [0.3, 0.4) is 0 Å². The number of hydrogen-bond acceptors (Lipinski definition) is 6. The van der Waals surface area contributed by atoms with Gasteiger partial charge in [0, 0.05) is 30.7 Å². The molecule has 1 aliphatic heterocycles. The first-order valence-corrected chi connectivity index (χ1v) is 10.9. The molecule has 0 aliphatic carbocycles. The number of anilines is 3. The number of nitrogens with one attached hydrogen (secondary N) is 1. The number of hydrogen-bond donors (Lipinski definition) is 2. The van der Waals surface area contributed by atoms with Crippen molar-refractivity contribution in [2.24, 2.45) is 5.92 Å². The van der Waals surface area contributed by atoms with E-state index in [2.05, 4.69) is 32.1 Å². The standard InChI is InChI=1S/C22H24ClF3N6/c1-13-3-6-32(7-4-13)19-11-17-18(12-29-19)30-21(23)31-20(17)28-5-2-14-8-15(22(24,25)26)10-16(27)9-14/h8-13H,2-7,27H2,1H3,(H,28,30,31). The van der Waals surface area contributed by atoms with Crippen molar-refractivity contribution >= 4 is 39.8 Å². The van der Waals surface area contributed by atoms with Crippen molar-refractivity contribution in [2.45, 2.75) is 32.4 Å². The lowest BCUT2D eigenvalue weighted by atomic mass is 9.99. The molecule has 0 radical (unpaired) electrons. The molecule has 170 valence electrons. The number of rotatable bonds is 5. The third-order valence-corrected chi connectivity index (χ3v) is 5.87. The second kappa shape index (κ2) is 8.97. The van der Waals surface area contributed by atoms with Gasteiger partial charge >= 0.3 is 6.18 Å². The van der Waals surface area contributed by atoms with Crippen molar-refractivity contribution < 1.29 is 13.2 Å². The van der Waals surface area contributed by atoms with Crippen LogP contribution < -0.4 is 16.0 Å². The molecule has 0 unspecified atom stereocenters. The summed E-state index contributed by atoms with van der Waals surface area (Å²) in [7, 11) is 0. The Kier molecular flexibility index (Phi) is 6.28. The number of nitrogen functional groups attached to an aromatic ring is 1. The number of aromatic nitrogens is 3. The van der Waals surface area contributed by atoms with Gasteiger partial charge < -0.3 is 16.0 Å². The highest BCUT2D eigenvalue weighted by Crippen LogP contribution is 2.32. The molecule has 0 atom stereocenters. The lowest BCUT2D eigenvalue weighted by Gasteiger charge is -2.31. The van der Waals surface area contributed by atoms with E-state index in [1.165, 1.54) is 0 Å². The molecule has 32 heavy (non-hydrogen) atoms. The maximum atomic E-state index is 13.1. The van der Waals surface area contributed by atoms with Gasteiger partial charge in [0.25, 0.3) is 0 Å². The van der Waals surface area contributed by atoms with E-state index in [0.717, 1.165) is 49.3 Å². The van der Waals surface area contributed by atoms with E-state index >= 15 is 0 Å². The van der Waals surface area contributed by atoms with Gasteiger partial charge in [-0.1, -0.05) is 6.92 Å². The molecule has 6 nitrogen and oxygen atoms in total. The van der Waals surface area contributed by atoms with E-state index in [1.807, 2.05) is 6.07 Å². The van der Waals surface area contributed by atoms with Crippen LogP contribution in [-0.2, 0) is 12.6 Å². The Bertz CT molecular complexity index is 1110. The predicted molar refractivity (Wildman–Crippen MR) is 121 cm³/mol. The molecule has 3 heterocycles. The Morgan fingerprint density at radius 2 is 1.91 bits per heavy atom.